The van der Waals surface area contributed by atoms with E-state index in [0.29, 0.717) is 0 Å². The summed E-state index contributed by atoms with van der Waals surface area (Å²) in [6, 6.07) is 13.6. The van der Waals surface area contributed by atoms with Crippen LogP contribution in [0.5, 0.6) is 0 Å². The molecule has 0 bridgehead atoms. The van der Waals surface area contributed by atoms with Crippen LogP contribution < -0.4 is 5.73 Å². The van der Waals surface area contributed by atoms with Gasteiger partial charge in [-0.25, -0.2) is 9.67 Å². The molecule has 0 saturated heterocycles. The van der Waals surface area contributed by atoms with Crippen molar-refractivity contribution in [2.45, 2.75) is 6.92 Å². The zero-order valence-electron chi connectivity index (χ0n) is 10.6. The molecule has 0 radical (unpaired) electrons. The number of nitrogen functional groups attached to an aromatic ring is 1. The van der Waals surface area contributed by atoms with E-state index < -0.39 is 0 Å². The predicted octanol–water partition coefficient (Wildman–Crippen LogP) is 2.82. The van der Waals surface area contributed by atoms with Gasteiger partial charge in [-0.1, -0.05) is 18.2 Å². The number of nitrogens with zero attached hydrogens (tertiary/aromatic N) is 3. The second-order valence-electron chi connectivity index (χ2n) is 4.44. The molecule has 0 amide bonds. The van der Waals surface area contributed by atoms with E-state index in [1.54, 1.807) is 4.68 Å². The maximum Gasteiger partial charge on any atom is 0.153 e. The predicted molar refractivity (Wildman–Crippen MR) is 75.9 cm³/mol. The van der Waals surface area contributed by atoms with Crippen molar-refractivity contribution in [3.05, 3.63) is 60.6 Å². The van der Waals surface area contributed by atoms with E-state index >= 15 is 0 Å². The molecule has 0 fully saturated rings. The summed E-state index contributed by atoms with van der Waals surface area (Å²) in [6.07, 6.45) is 3.77. The van der Waals surface area contributed by atoms with Gasteiger partial charge in [0.05, 0.1) is 6.20 Å². The summed E-state index contributed by atoms with van der Waals surface area (Å²) in [5.74, 6) is 0.815. The van der Waals surface area contributed by atoms with Gasteiger partial charge in [0.15, 0.2) is 5.82 Å². The van der Waals surface area contributed by atoms with Crippen LogP contribution in [-0.4, -0.2) is 14.8 Å². The van der Waals surface area contributed by atoms with Crippen molar-refractivity contribution in [1.29, 1.82) is 0 Å². The molecule has 0 atom stereocenters. The minimum Gasteiger partial charge on any atom is -0.399 e. The molecule has 0 aliphatic carbocycles. The van der Waals surface area contributed by atoms with E-state index in [0.717, 1.165) is 28.3 Å². The van der Waals surface area contributed by atoms with Crippen LogP contribution in [0.1, 0.15) is 5.69 Å². The van der Waals surface area contributed by atoms with Gasteiger partial charge in [-0.15, -0.1) is 0 Å². The number of nitrogens with two attached hydrogens (primary N) is 1. The Kier molecular flexibility index (Phi) is 2.76. The van der Waals surface area contributed by atoms with Crippen LogP contribution in [-0.2, 0) is 0 Å². The highest BCUT2D eigenvalue weighted by molar-refractivity contribution is 5.66. The topological polar surface area (TPSA) is 56.7 Å². The van der Waals surface area contributed by atoms with Crippen LogP contribution in [0.3, 0.4) is 0 Å². The maximum absolute atomic E-state index is 5.79. The fourth-order valence-corrected chi connectivity index (χ4v) is 1.97. The van der Waals surface area contributed by atoms with Crippen LogP contribution in [0.15, 0.2) is 54.9 Å². The summed E-state index contributed by atoms with van der Waals surface area (Å²) in [7, 11) is 0. The maximum atomic E-state index is 5.79. The molecule has 0 aliphatic heterocycles. The second kappa shape index (κ2) is 4.57. The second-order valence-corrected chi connectivity index (χ2v) is 4.44. The molecular formula is C15H14N4. The van der Waals surface area contributed by atoms with Gasteiger partial charge >= 0.3 is 0 Å². The third-order valence-electron chi connectivity index (χ3n) is 2.91. The summed E-state index contributed by atoms with van der Waals surface area (Å²) in [5, 5.41) is 4.35. The molecule has 0 spiro atoms. The Hall–Kier alpha value is -2.62. The Bertz CT molecular complexity index is 655. The SMILES string of the molecule is Cc1cccc(-n2cc(-c3cccc(N)c3)cn2)n1. The number of hydrogen-bond acceptors (Lipinski definition) is 3. The molecule has 0 saturated carbocycles. The fourth-order valence-electron chi connectivity index (χ4n) is 1.97. The van der Waals surface area contributed by atoms with Gasteiger partial charge in [-0.3, -0.25) is 0 Å². The van der Waals surface area contributed by atoms with Gasteiger partial charge in [0.2, 0.25) is 0 Å². The highest BCUT2D eigenvalue weighted by Gasteiger charge is 2.04. The summed E-state index contributed by atoms with van der Waals surface area (Å²) < 4.78 is 1.77. The van der Waals surface area contributed by atoms with E-state index in [1.807, 2.05) is 61.8 Å². The van der Waals surface area contributed by atoms with Crippen LogP contribution in [0.2, 0.25) is 0 Å². The molecule has 2 N–H and O–H groups in total. The van der Waals surface area contributed by atoms with Gasteiger partial charge < -0.3 is 5.73 Å². The number of aromatic nitrogens is 3. The van der Waals surface area contributed by atoms with Crippen molar-refractivity contribution < 1.29 is 0 Å². The number of pyridine rings is 1. The quantitative estimate of drug-likeness (QED) is 0.711. The average Bonchev–Trinajstić information content (AvgIpc) is 2.88. The molecule has 1 aromatic carbocycles. The third kappa shape index (κ3) is 2.33. The van der Waals surface area contributed by atoms with Crippen molar-refractivity contribution in [2.75, 3.05) is 5.73 Å². The Labute approximate surface area is 111 Å². The van der Waals surface area contributed by atoms with Crippen LogP contribution in [0.25, 0.3) is 16.9 Å². The first-order valence-electron chi connectivity index (χ1n) is 6.07. The lowest BCUT2D eigenvalue weighted by Gasteiger charge is -2.01. The zero-order valence-corrected chi connectivity index (χ0v) is 10.6. The summed E-state index contributed by atoms with van der Waals surface area (Å²) in [4.78, 5) is 4.44. The molecule has 94 valence electrons. The molecule has 4 nitrogen and oxygen atoms in total. The van der Waals surface area contributed by atoms with Gasteiger partial charge in [0.1, 0.15) is 0 Å². The van der Waals surface area contributed by atoms with Crippen molar-refractivity contribution >= 4 is 5.69 Å². The standard InChI is InChI=1S/C15H14N4/c1-11-4-2-7-15(18-11)19-10-13(9-17-19)12-5-3-6-14(16)8-12/h2-10H,16H2,1H3. The molecule has 4 heteroatoms. The molecule has 2 heterocycles. The Morgan fingerprint density at radius 2 is 1.89 bits per heavy atom. The first-order valence-corrected chi connectivity index (χ1v) is 6.07. The average molecular weight is 250 g/mol. The van der Waals surface area contributed by atoms with Crippen LogP contribution >= 0.6 is 0 Å². The smallest absolute Gasteiger partial charge is 0.153 e. The lowest BCUT2D eigenvalue weighted by molar-refractivity contribution is 0.841. The third-order valence-corrected chi connectivity index (χ3v) is 2.91. The minimum atomic E-state index is 0.749. The minimum absolute atomic E-state index is 0.749. The molecule has 19 heavy (non-hydrogen) atoms. The summed E-state index contributed by atoms with van der Waals surface area (Å²) in [6.45, 7) is 1.96. The van der Waals surface area contributed by atoms with Gasteiger partial charge in [-0.05, 0) is 36.8 Å². The number of anilines is 1. The van der Waals surface area contributed by atoms with Crippen LogP contribution in [0.4, 0.5) is 5.69 Å². The molecule has 2 aromatic heterocycles. The first kappa shape index (κ1) is 11.5. The largest absolute Gasteiger partial charge is 0.399 e. The molecule has 3 aromatic rings. The van der Waals surface area contributed by atoms with Crippen molar-refractivity contribution in [1.82, 2.24) is 14.8 Å². The number of rotatable bonds is 2. The molecule has 0 aliphatic rings. The van der Waals surface area contributed by atoms with E-state index in [1.165, 1.54) is 0 Å². The number of aryl methyl sites for hydroxylation is 1. The van der Waals surface area contributed by atoms with Crippen LogP contribution in [0, 0.1) is 6.92 Å². The summed E-state index contributed by atoms with van der Waals surface area (Å²) in [5.41, 5.74) is 9.59. The number of hydrogen-bond donors (Lipinski definition) is 1. The van der Waals surface area contributed by atoms with Gasteiger partial charge in [0.25, 0.3) is 0 Å². The highest BCUT2D eigenvalue weighted by Crippen LogP contribution is 2.21. The molecule has 3 rings (SSSR count). The molecular weight excluding hydrogens is 236 g/mol. The fraction of sp³-hybridized carbons (Fsp3) is 0.0667. The highest BCUT2D eigenvalue weighted by atomic mass is 15.3. The Morgan fingerprint density at radius 1 is 1.05 bits per heavy atom. The van der Waals surface area contributed by atoms with E-state index in [-0.39, 0.29) is 0 Å². The van der Waals surface area contributed by atoms with Gasteiger partial charge in [0, 0.05) is 23.1 Å². The van der Waals surface area contributed by atoms with E-state index in [4.69, 9.17) is 5.73 Å². The Balaban J connectivity index is 2.00. The first-order chi connectivity index (χ1) is 9.22. The van der Waals surface area contributed by atoms with Crippen molar-refractivity contribution in [3.63, 3.8) is 0 Å². The van der Waals surface area contributed by atoms with E-state index in [9.17, 15) is 0 Å². The normalized spacial score (nSPS) is 10.6. The number of benzene rings is 1. The molecule has 0 unspecified atom stereocenters. The lowest BCUT2D eigenvalue weighted by atomic mass is 10.1. The monoisotopic (exact) mass is 250 g/mol. The van der Waals surface area contributed by atoms with Crippen molar-refractivity contribution in [3.8, 4) is 16.9 Å². The zero-order chi connectivity index (χ0) is 13.2. The van der Waals surface area contributed by atoms with E-state index in [2.05, 4.69) is 10.1 Å². The van der Waals surface area contributed by atoms with Gasteiger partial charge in [-0.2, -0.15) is 5.10 Å². The lowest BCUT2D eigenvalue weighted by Crippen LogP contribution is -1.98. The van der Waals surface area contributed by atoms with Crippen molar-refractivity contribution in [2.24, 2.45) is 0 Å². The Morgan fingerprint density at radius 3 is 2.68 bits per heavy atom. The summed E-state index contributed by atoms with van der Waals surface area (Å²) >= 11 is 0.